The maximum absolute atomic E-state index is 9.83. The van der Waals surface area contributed by atoms with Crippen molar-refractivity contribution in [3.8, 4) is 11.4 Å². The Morgan fingerprint density at radius 2 is 2.07 bits per heavy atom. The van der Waals surface area contributed by atoms with Crippen LogP contribution in [0.15, 0.2) is 18.6 Å². The highest BCUT2D eigenvalue weighted by atomic mass is 16.5. The van der Waals surface area contributed by atoms with Gasteiger partial charge in [-0.25, -0.2) is 24.9 Å². The number of ether oxygens (including phenoxy) is 1. The summed E-state index contributed by atoms with van der Waals surface area (Å²) < 4.78 is 8.04. The second-order valence-electron chi connectivity index (χ2n) is 8.05. The summed E-state index contributed by atoms with van der Waals surface area (Å²) in [6, 6.07) is 1.95. The lowest BCUT2D eigenvalue weighted by atomic mass is 10.1. The summed E-state index contributed by atoms with van der Waals surface area (Å²) in [6.07, 6.45) is 3.01. The molecule has 0 atom stereocenters. The SMILES string of the molecule is CC1(C)OCCn2c1nc1c(N3CC(O)C3)nc(-c3cnc4nc[nH]c4c3)nc12. The van der Waals surface area contributed by atoms with Gasteiger partial charge in [0.25, 0.3) is 0 Å². The standard InChI is InChI=1S/C19H20N8O2/c1-19(2)18-23-13-16(26-7-11(28)8-26)24-14(25-17(13)27(18)3-4-29-19)10-5-12-15(20-6-10)22-9-21-12/h5-6,9,11,28H,3-4,7-8H2,1-2H3,(H,20,21,22). The fourth-order valence-electron chi connectivity index (χ4n) is 4.04. The largest absolute Gasteiger partial charge is 0.389 e. The zero-order chi connectivity index (χ0) is 19.8. The van der Waals surface area contributed by atoms with E-state index in [1.807, 2.05) is 24.8 Å². The predicted molar refractivity (Wildman–Crippen MR) is 105 cm³/mol. The molecule has 148 valence electrons. The Balaban J connectivity index is 1.60. The van der Waals surface area contributed by atoms with Crippen LogP contribution in [0.1, 0.15) is 19.7 Å². The zero-order valence-corrected chi connectivity index (χ0v) is 16.1. The van der Waals surface area contributed by atoms with E-state index in [1.165, 1.54) is 0 Å². The number of imidazole rings is 2. The molecule has 0 bridgehead atoms. The number of aromatic amines is 1. The smallest absolute Gasteiger partial charge is 0.177 e. The lowest BCUT2D eigenvalue weighted by Crippen LogP contribution is -2.51. The molecule has 29 heavy (non-hydrogen) atoms. The van der Waals surface area contributed by atoms with Crippen molar-refractivity contribution in [2.75, 3.05) is 24.6 Å². The fraction of sp³-hybridized carbons (Fsp3) is 0.421. The third-order valence-electron chi connectivity index (χ3n) is 5.59. The van der Waals surface area contributed by atoms with Gasteiger partial charge in [0.15, 0.2) is 28.5 Å². The average molecular weight is 392 g/mol. The molecule has 0 spiro atoms. The van der Waals surface area contributed by atoms with E-state index in [2.05, 4.69) is 19.5 Å². The second kappa shape index (κ2) is 5.71. The quantitative estimate of drug-likeness (QED) is 0.523. The number of β-amino-alcohol motifs (C(OH)–C–C–N with tert-alkyl or cyclic N) is 1. The fourth-order valence-corrected chi connectivity index (χ4v) is 4.04. The van der Waals surface area contributed by atoms with Gasteiger partial charge < -0.3 is 24.3 Å². The van der Waals surface area contributed by atoms with Gasteiger partial charge in [0.05, 0.1) is 24.6 Å². The number of hydrogen-bond acceptors (Lipinski definition) is 8. The van der Waals surface area contributed by atoms with Crippen molar-refractivity contribution in [3.63, 3.8) is 0 Å². The number of rotatable bonds is 2. The number of aromatic nitrogens is 7. The molecule has 10 nitrogen and oxygen atoms in total. The van der Waals surface area contributed by atoms with Crippen LogP contribution in [0.4, 0.5) is 5.82 Å². The van der Waals surface area contributed by atoms with E-state index < -0.39 is 5.60 Å². The zero-order valence-electron chi connectivity index (χ0n) is 16.1. The van der Waals surface area contributed by atoms with E-state index in [-0.39, 0.29) is 6.10 Å². The van der Waals surface area contributed by atoms with Crippen LogP contribution in [0.3, 0.4) is 0 Å². The van der Waals surface area contributed by atoms with Crippen molar-refractivity contribution in [3.05, 3.63) is 24.4 Å². The Labute approximate surface area is 165 Å². The summed E-state index contributed by atoms with van der Waals surface area (Å²) in [7, 11) is 0. The van der Waals surface area contributed by atoms with E-state index >= 15 is 0 Å². The van der Waals surface area contributed by atoms with Crippen molar-refractivity contribution in [1.82, 2.24) is 34.5 Å². The number of nitrogens with zero attached hydrogens (tertiary/aromatic N) is 7. The Bertz CT molecular complexity index is 1250. The monoisotopic (exact) mass is 392 g/mol. The number of aliphatic hydroxyl groups excluding tert-OH is 1. The Morgan fingerprint density at radius 1 is 1.21 bits per heavy atom. The third-order valence-corrected chi connectivity index (χ3v) is 5.59. The van der Waals surface area contributed by atoms with Crippen molar-refractivity contribution < 1.29 is 9.84 Å². The maximum atomic E-state index is 9.83. The van der Waals surface area contributed by atoms with E-state index in [0.29, 0.717) is 37.7 Å². The lowest BCUT2D eigenvalue weighted by molar-refractivity contribution is -0.0530. The topological polar surface area (TPSA) is 118 Å². The van der Waals surface area contributed by atoms with E-state index in [0.717, 1.165) is 33.9 Å². The molecule has 0 aliphatic carbocycles. The summed E-state index contributed by atoms with van der Waals surface area (Å²) in [5.74, 6) is 2.15. The summed E-state index contributed by atoms with van der Waals surface area (Å²) in [5.41, 5.74) is 3.31. The minimum Gasteiger partial charge on any atom is -0.389 e. The Hall–Kier alpha value is -3.11. The molecule has 0 unspecified atom stereocenters. The summed E-state index contributed by atoms with van der Waals surface area (Å²) >= 11 is 0. The molecule has 4 aromatic heterocycles. The summed E-state index contributed by atoms with van der Waals surface area (Å²) in [5, 5.41) is 9.83. The molecule has 2 N–H and O–H groups in total. The van der Waals surface area contributed by atoms with Crippen molar-refractivity contribution in [1.29, 1.82) is 0 Å². The van der Waals surface area contributed by atoms with Crippen molar-refractivity contribution in [2.45, 2.75) is 32.1 Å². The minimum atomic E-state index is -0.499. The summed E-state index contributed by atoms with van der Waals surface area (Å²) in [4.78, 5) is 28.2. The number of aliphatic hydroxyl groups is 1. The van der Waals surface area contributed by atoms with Crippen LogP contribution in [-0.4, -0.2) is 65.4 Å². The van der Waals surface area contributed by atoms with Crippen LogP contribution in [0, 0.1) is 0 Å². The van der Waals surface area contributed by atoms with E-state index in [4.69, 9.17) is 19.7 Å². The predicted octanol–water partition coefficient (Wildman–Crippen LogP) is 1.21. The normalized spacial score (nSPS) is 18.9. The molecule has 0 amide bonds. The van der Waals surface area contributed by atoms with Crippen molar-refractivity contribution in [2.24, 2.45) is 0 Å². The van der Waals surface area contributed by atoms with Gasteiger partial charge >= 0.3 is 0 Å². The number of nitrogens with one attached hydrogen (secondary N) is 1. The molecule has 6 heterocycles. The first kappa shape index (κ1) is 16.8. The van der Waals surface area contributed by atoms with Crippen LogP contribution in [-0.2, 0) is 16.9 Å². The number of pyridine rings is 1. The Morgan fingerprint density at radius 3 is 2.90 bits per heavy atom. The van der Waals surface area contributed by atoms with Gasteiger partial charge in [-0.1, -0.05) is 0 Å². The maximum Gasteiger partial charge on any atom is 0.177 e. The first-order valence-corrected chi connectivity index (χ1v) is 9.65. The molecule has 10 heteroatoms. The second-order valence-corrected chi connectivity index (χ2v) is 8.05. The Kier molecular flexibility index (Phi) is 3.31. The van der Waals surface area contributed by atoms with Gasteiger partial charge in [-0.05, 0) is 19.9 Å². The summed E-state index contributed by atoms with van der Waals surface area (Å²) in [6.45, 7) is 6.38. The lowest BCUT2D eigenvalue weighted by Gasteiger charge is -2.36. The van der Waals surface area contributed by atoms with E-state index in [9.17, 15) is 5.11 Å². The van der Waals surface area contributed by atoms with Crippen LogP contribution in [0.2, 0.25) is 0 Å². The van der Waals surface area contributed by atoms with Gasteiger partial charge in [0.1, 0.15) is 11.4 Å². The number of anilines is 1. The molecule has 6 rings (SSSR count). The van der Waals surface area contributed by atoms with Gasteiger partial charge in [-0.15, -0.1) is 0 Å². The average Bonchev–Trinajstić information content (AvgIpc) is 3.29. The van der Waals surface area contributed by atoms with Gasteiger partial charge in [0, 0.05) is 31.4 Å². The molecular weight excluding hydrogens is 372 g/mol. The molecule has 0 saturated carbocycles. The molecule has 4 aromatic rings. The van der Waals surface area contributed by atoms with Crippen LogP contribution in [0.5, 0.6) is 0 Å². The highest BCUT2D eigenvalue weighted by molar-refractivity contribution is 5.87. The van der Waals surface area contributed by atoms with Crippen LogP contribution in [0.25, 0.3) is 33.7 Å². The highest BCUT2D eigenvalue weighted by Gasteiger charge is 2.36. The highest BCUT2D eigenvalue weighted by Crippen LogP contribution is 2.36. The third kappa shape index (κ3) is 2.45. The number of H-pyrrole nitrogens is 1. The minimum absolute atomic E-state index is 0.344. The molecule has 1 saturated heterocycles. The van der Waals surface area contributed by atoms with E-state index in [1.54, 1.807) is 12.5 Å². The molecule has 2 aliphatic heterocycles. The number of hydrogen-bond donors (Lipinski definition) is 2. The van der Waals surface area contributed by atoms with Crippen LogP contribution < -0.4 is 4.90 Å². The molecule has 0 aromatic carbocycles. The van der Waals surface area contributed by atoms with Gasteiger partial charge in [0.2, 0.25) is 0 Å². The molecule has 0 radical (unpaired) electrons. The van der Waals surface area contributed by atoms with Crippen LogP contribution >= 0.6 is 0 Å². The first-order valence-electron chi connectivity index (χ1n) is 9.65. The molecule has 1 fully saturated rings. The molecule has 2 aliphatic rings. The molecular formula is C19H20N8O2. The van der Waals surface area contributed by atoms with Gasteiger partial charge in [-0.3, -0.25) is 0 Å². The van der Waals surface area contributed by atoms with Gasteiger partial charge in [-0.2, -0.15) is 0 Å². The number of fused-ring (bicyclic) bond motifs is 4. The first-order chi connectivity index (χ1) is 14.0. The van der Waals surface area contributed by atoms with Crippen molar-refractivity contribution >= 4 is 28.1 Å².